The summed E-state index contributed by atoms with van der Waals surface area (Å²) in [7, 11) is -3.27. The number of carbonyl (C=O) groups is 1. The number of rotatable bonds is 8. The van der Waals surface area contributed by atoms with Crippen molar-refractivity contribution in [3.8, 4) is 0 Å². The Balaban J connectivity index is 2.06. The van der Waals surface area contributed by atoms with Crippen LogP contribution in [-0.4, -0.2) is 49.7 Å². The molecular formula is C16H23N5O3S. The fourth-order valence-electron chi connectivity index (χ4n) is 2.33. The number of hydrogen-bond acceptors (Lipinski definition) is 6. The van der Waals surface area contributed by atoms with Crippen LogP contribution in [0.15, 0.2) is 30.6 Å². The van der Waals surface area contributed by atoms with E-state index >= 15 is 0 Å². The van der Waals surface area contributed by atoms with Gasteiger partial charge in [0.2, 0.25) is 15.9 Å². The van der Waals surface area contributed by atoms with Gasteiger partial charge in [-0.1, -0.05) is 26.0 Å². The summed E-state index contributed by atoms with van der Waals surface area (Å²) in [4.78, 5) is 20.9. The highest BCUT2D eigenvalue weighted by Crippen LogP contribution is 2.20. The van der Waals surface area contributed by atoms with E-state index < -0.39 is 16.1 Å². The van der Waals surface area contributed by atoms with E-state index in [1.165, 1.54) is 6.33 Å². The lowest BCUT2D eigenvalue weighted by Crippen LogP contribution is -2.45. The van der Waals surface area contributed by atoms with Gasteiger partial charge in [-0.05, 0) is 18.1 Å². The van der Waals surface area contributed by atoms with Crippen molar-refractivity contribution in [1.82, 2.24) is 20.0 Å². The van der Waals surface area contributed by atoms with Crippen LogP contribution in [0.5, 0.6) is 0 Å². The summed E-state index contributed by atoms with van der Waals surface area (Å²) in [6.45, 7) is 4.21. The van der Waals surface area contributed by atoms with E-state index in [4.69, 9.17) is 0 Å². The Kier molecular flexibility index (Phi) is 6.27. The van der Waals surface area contributed by atoms with Crippen LogP contribution in [0.2, 0.25) is 0 Å². The van der Waals surface area contributed by atoms with Crippen molar-refractivity contribution in [2.24, 2.45) is 5.92 Å². The van der Waals surface area contributed by atoms with Crippen LogP contribution >= 0.6 is 0 Å². The van der Waals surface area contributed by atoms with Gasteiger partial charge in [0, 0.05) is 18.5 Å². The number of carbonyl (C=O) groups excluding carboxylic acids is 1. The zero-order valence-electron chi connectivity index (χ0n) is 14.5. The molecule has 0 aliphatic rings. The number of fused-ring (bicyclic) bond motifs is 1. The summed E-state index contributed by atoms with van der Waals surface area (Å²) in [6.07, 6.45) is 2.53. The Labute approximate surface area is 147 Å². The highest BCUT2D eigenvalue weighted by Gasteiger charge is 2.23. The summed E-state index contributed by atoms with van der Waals surface area (Å²) < 4.78 is 24.4. The third-order valence-electron chi connectivity index (χ3n) is 3.57. The monoisotopic (exact) mass is 365 g/mol. The maximum atomic E-state index is 12.5. The number of sulfonamides is 1. The average Bonchev–Trinajstić information content (AvgIpc) is 2.55. The van der Waals surface area contributed by atoms with E-state index in [-0.39, 0.29) is 24.9 Å². The third-order valence-corrected chi connectivity index (χ3v) is 4.30. The molecule has 8 nitrogen and oxygen atoms in total. The van der Waals surface area contributed by atoms with Gasteiger partial charge < -0.3 is 10.6 Å². The van der Waals surface area contributed by atoms with E-state index in [0.29, 0.717) is 5.82 Å². The largest absolute Gasteiger partial charge is 0.358 e. The van der Waals surface area contributed by atoms with E-state index in [2.05, 4.69) is 25.3 Å². The van der Waals surface area contributed by atoms with Crippen LogP contribution in [0.4, 0.5) is 5.82 Å². The van der Waals surface area contributed by atoms with E-state index in [0.717, 1.165) is 17.2 Å². The molecule has 0 unspecified atom stereocenters. The number of anilines is 1. The Morgan fingerprint density at radius 3 is 2.56 bits per heavy atom. The van der Waals surface area contributed by atoms with Crippen LogP contribution < -0.4 is 15.4 Å². The van der Waals surface area contributed by atoms with Crippen LogP contribution in [0.3, 0.4) is 0 Å². The van der Waals surface area contributed by atoms with Crippen molar-refractivity contribution in [3.05, 3.63) is 30.6 Å². The van der Waals surface area contributed by atoms with Gasteiger partial charge in [0.1, 0.15) is 18.2 Å². The van der Waals surface area contributed by atoms with E-state index in [9.17, 15) is 13.2 Å². The smallest absolute Gasteiger partial charge is 0.242 e. The Bertz CT molecular complexity index is 833. The van der Waals surface area contributed by atoms with Crippen LogP contribution in [-0.2, 0) is 14.8 Å². The molecule has 0 saturated heterocycles. The molecule has 0 radical (unpaired) electrons. The van der Waals surface area contributed by atoms with Gasteiger partial charge in [-0.15, -0.1) is 0 Å². The molecule has 1 amide bonds. The standard InChI is InChI=1S/C16H23N5O3S/c1-11(2)14(16(22)17-8-9-20-25(3,23)24)21-15-12-6-4-5-7-13(12)18-10-19-15/h4-7,10-11,14,20H,8-9H2,1-3H3,(H,17,22)(H,18,19,21)/t14-/m1/s1. The van der Waals surface area contributed by atoms with Crippen molar-refractivity contribution < 1.29 is 13.2 Å². The molecule has 25 heavy (non-hydrogen) atoms. The fraction of sp³-hybridized carbons (Fsp3) is 0.438. The van der Waals surface area contributed by atoms with Crippen LogP contribution in [0, 0.1) is 5.92 Å². The van der Waals surface area contributed by atoms with Gasteiger partial charge in [0.15, 0.2) is 0 Å². The minimum Gasteiger partial charge on any atom is -0.358 e. The minimum atomic E-state index is -3.27. The number of para-hydroxylation sites is 1. The molecule has 3 N–H and O–H groups in total. The highest BCUT2D eigenvalue weighted by atomic mass is 32.2. The molecule has 1 heterocycles. The maximum absolute atomic E-state index is 12.5. The molecule has 1 aromatic heterocycles. The number of nitrogens with zero attached hydrogens (tertiary/aromatic N) is 2. The van der Waals surface area contributed by atoms with Crippen LogP contribution in [0.1, 0.15) is 13.8 Å². The first kappa shape index (κ1) is 19.1. The van der Waals surface area contributed by atoms with E-state index in [1.807, 2.05) is 38.1 Å². The van der Waals surface area contributed by atoms with Crippen molar-refractivity contribution in [2.75, 3.05) is 24.7 Å². The zero-order chi connectivity index (χ0) is 18.4. The zero-order valence-corrected chi connectivity index (χ0v) is 15.3. The van der Waals surface area contributed by atoms with Crippen molar-refractivity contribution in [3.63, 3.8) is 0 Å². The highest BCUT2D eigenvalue weighted by molar-refractivity contribution is 7.88. The Morgan fingerprint density at radius 2 is 1.88 bits per heavy atom. The number of benzene rings is 1. The van der Waals surface area contributed by atoms with E-state index in [1.54, 1.807) is 0 Å². The second-order valence-electron chi connectivity index (χ2n) is 6.06. The second-order valence-corrected chi connectivity index (χ2v) is 7.90. The Morgan fingerprint density at radius 1 is 1.16 bits per heavy atom. The van der Waals surface area contributed by atoms with Crippen molar-refractivity contribution >= 4 is 32.7 Å². The first-order valence-corrected chi connectivity index (χ1v) is 9.85. The van der Waals surface area contributed by atoms with Gasteiger partial charge >= 0.3 is 0 Å². The lowest BCUT2D eigenvalue weighted by atomic mass is 10.0. The maximum Gasteiger partial charge on any atom is 0.242 e. The Hall–Kier alpha value is -2.26. The third kappa shape index (κ3) is 5.64. The molecule has 2 rings (SSSR count). The molecular weight excluding hydrogens is 342 g/mol. The number of amides is 1. The molecule has 0 spiro atoms. The summed E-state index contributed by atoms with van der Waals surface area (Å²) >= 11 is 0. The summed E-state index contributed by atoms with van der Waals surface area (Å²) in [6, 6.07) is 7.04. The quantitative estimate of drug-likeness (QED) is 0.595. The molecule has 0 saturated carbocycles. The lowest BCUT2D eigenvalue weighted by molar-refractivity contribution is -0.122. The van der Waals surface area contributed by atoms with Crippen LogP contribution in [0.25, 0.3) is 10.9 Å². The summed E-state index contributed by atoms with van der Waals surface area (Å²) in [5.41, 5.74) is 0.792. The van der Waals surface area contributed by atoms with Crippen molar-refractivity contribution in [2.45, 2.75) is 19.9 Å². The number of aromatic nitrogens is 2. The first-order chi connectivity index (χ1) is 11.8. The topological polar surface area (TPSA) is 113 Å². The molecule has 136 valence electrons. The molecule has 0 aliphatic carbocycles. The first-order valence-electron chi connectivity index (χ1n) is 7.96. The van der Waals surface area contributed by atoms with Gasteiger partial charge in [-0.3, -0.25) is 4.79 Å². The predicted octanol–water partition coefficient (Wildman–Crippen LogP) is 0.732. The molecule has 1 aromatic carbocycles. The predicted molar refractivity (Wildman–Crippen MR) is 97.6 cm³/mol. The van der Waals surface area contributed by atoms with Crippen molar-refractivity contribution in [1.29, 1.82) is 0 Å². The van der Waals surface area contributed by atoms with Gasteiger partial charge in [-0.25, -0.2) is 23.1 Å². The molecule has 2 aromatic rings. The molecule has 0 aliphatic heterocycles. The molecule has 9 heteroatoms. The fourth-order valence-corrected chi connectivity index (χ4v) is 2.81. The summed E-state index contributed by atoms with van der Waals surface area (Å²) in [5.74, 6) is 0.387. The van der Waals surface area contributed by atoms with Gasteiger partial charge in [0.05, 0.1) is 11.8 Å². The summed E-state index contributed by atoms with van der Waals surface area (Å²) in [5, 5.41) is 6.75. The number of nitrogens with one attached hydrogen (secondary N) is 3. The normalized spacial score (nSPS) is 13.0. The average molecular weight is 365 g/mol. The lowest BCUT2D eigenvalue weighted by Gasteiger charge is -2.22. The molecule has 0 bridgehead atoms. The van der Waals surface area contributed by atoms with Gasteiger partial charge in [0.25, 0.3) is 0 Å². The van der Waals surface area contributed by atoms with Gasteiger partial charge in [-0.2, -0.15) is 0 Å². The minimum absolute atomic E-state index is 0.0107. The number of hydrogen-bond donors (Lipinski definition) is 3. The molecule has 0 fully saturated rings. The SMILES string of the molecule is CC(C)[C@@H](Nc1ncnc2ccccc12)C(=O)NCCNS(C)(=O)=O. The molecule has 1 atom stereocenters. The second kappa shape index (κ2) is 8.21.